The van der Waals surface area contributed by atoms with E-state index in [1.807, 2.05) is 6.07 Å². The summed E-state index contributed by atoms with van der Waals surface area (Å²) in [5.74, 6) is 0.974. The second kappa shape index (κ2) is 8.81. The summed E-state index contributed by atoms with van der Waals surface area (Å²) in [6, 6.07) is 7.47. The largest absolute Gasteiger partial charge is 0.380 e. The van der Waals surface area contributed by atoms with E-state index in [9.17, 15) is 9.65 Å². The van der Waals surface area contributed by atoms with Crippen LogP contribution in [-0.4, -0.2) is 53.5 Å². The number of ether oxygens (including phenoxy) is 1. The van der Waals surface area contributed by atoms with Gasteiger partial charge in [-0.15, -0.1) is 0 Å². The molecule has 2 aliphatic rings. The van der Waals surface area contributed by atoms with E-state index in [2.05, 4.69) is 25.3 Å². The molecule has 0 aliphatic carbocycles. The number of anilines is 1. The van der Waals surface area contributed by atoms with Gasteiger partial charge < -0.3 is 19.5 Å². The molecule has 1 atom stereocenters. The molecule has 4 heterocycles. The lowest BCUT2D eigenvalue weighted by molar-refractivity contribution is 0.0650. The Morgan fingerprint density at radius 2 is 2.00 bits per heavy atom. The van der Waals surface area contributed by atoms with Gasteiger partial charge >= 0.3 is 0 Å². The molecule has 9 heteroatoms. The highest BCUT2D eigenvalue weighted by Crippen LogP contribution is 2.34. The number of fused-ring (bicyclic) bond motifs is 1. The average Bonchev–Trinajstić information content (AvgIpc) is 3.25. The summed E-state index contributed by atoms with van der Waals surface area (Å²) >= 11 is 0. The van der Waals surface area contributed by atoms with Crippen molar-refractivity contribution in [3.8, 4) is 17.5 Å². The van der Waals surface area contributed by atoms with Crippen LogP contribution in [0.3, 0.4) is 0 Å². The minimum Gasteiger partial charge on any atom is -0.380 e. The van der Waals surface area contributed by atoms with E-state index in [-0.39, 0.29) is 11.1 Å². The molecule has 3 aromatic rings. The van der Waals surface area contributed by atoms with Crippen LogP contribution in [0.15, 0.2) is 22.7 Å². The number of halogens is 1. The van der Waals surface area contributed by atoms with Crippen LogP contribution >= 0.6 is 0 Å². The number of hydrogen-bond acceptors (Lipinski definition) is 8. The zero-order chi connectivity index (χ0) is 22.1. The molecule has 32 heavy (non-hydrogen) atoms. The first kappa shape index (κ1) is 20.8. The summed E-state index contributed by atoms with van der Waals surface area (Å²) in [6.07, 6.45) is 4.16. The topological polar surface area (TPSA) is 100 Å². The van der Waals surface area contributed by atoms with Crippen LogP contribution in [-0.2, 0) is 4.74 Å². The van der Waals surface area contributed by atoms with E-state index in [1.54, 1.807) is 19.1 Å². The van der Waals surface area contributed by atoms with Crippen LogP contribution in [0.5, 0.6) is 0 Å². The van der Waals surface area contributed by atoms with Gasteiger partial charge in [0.15, 0.2) is 11.6 Å². The van der Waals surface area contributed by atoms with Crippen molar-refractivity contribution in [3.05, 3.63) is 35.4 Å². The zero-order valence-electron chi connectivity index (χ0n) is 18.0. The molecule has 0 radical (unpaired) electrons. The van der Waals surface area contributed by atoms with Crippen LogP contribution in [0.2, 0.25) is 0 Å². The molecule has 0 amide bonds. The molecule has 0 unspecified atom stereocenters. The predicted molar refractivity (Wildman–Crippen MR) is 117 cm³/mol. The molecule has 166 valence electrons. The summed E-state index contributed by atoms with van der Waals surface area (Å²) in [7, 11) is 0. The molecule has 2 fully saturated rings. The molecule has 5 rings (SSSR count). The molecule has 2 aromatic heterocycles. The van der Waals surface area contributed by atoms with Crippen LogP contribution in [0.25, 0.3) is 22.4 Å². The first-order valence-corrected chi connectivity index (χ1v) is 11.0. The highest BCUT2D eigenvalue weighted by molar-refractivity contribution is 5.89. The van der Waals surface area contributed by atoms with E-state index >= 15 is 0 Å². The van der Waals surface area contributed by atoms with Crippen molar-refractivity contribution in [1.82, 2.24) is 20.4 Å². The standard InChI is InChI=1S/C23H25FN6O2/c1-14-26-23(32-29-14)19-11-16-9-15(12-25)10-20(24)21(16)28-22(19)30-6-4-17(5-7-30)27-18-3-2-8-31-13-18/h9-11,17-18,27H,2-8,13H2,1H3/t18-/m1/s1. The van der Waals surface area contributed by atoms with Gasteiger partial charge in [0.2, 0.25) is 0 Å². The lowest BCUT2D eigenvalue weighted by Gasteiger charge is -2.36. The van der Waals surface area contributed by atoms with Crippen molar-refractivity contribution in [2.24, 2.45) is 0 Å². The van der Waals surface area contributed by atoms with Gasteiger partial charge in [-0.25, -0.2) is 9.37 Å². The third-order valence-electron chi connectivity index (χ3n) is 6.16. The second-order valence-corrected chi connectivity index (χ2v) is 8.49. The molecule has 1 aromatic carbocycles. The number of aryl methyl sites for hydroxylation is 1. The summed E-state index contributed by atoms with van der Waals surface area (Å²) in [5.41, 5.74) is 1.13. The quantitative estimate of drug-likeness (QED) is 0.665. The Bertz CT molecular complexity index is 1160. The summed E-state index contributed by atoms with van der Waals surface area (Å²) in [6.45, 7) is 4.94. The number of benzene rings is 1. The maximum absolute atomic E-state index is 14.7. The SMILES string of the molecule is Cc1noc(-c2cc3cc(C#N)cc(F)c3nc2N2CCC(N[C@@H]3CCCOC3)CC2)n1. The fourth-order valence-corrected chi connectivity index (χ4v) is 4.57. The number of nitrogens with one attached hydrogen (secondary N) is 1. The van der Waals surface area contributed by atoms with Gasteiger partial charge in [0.1, 0.15) is 11.3 Å². The Labute approximate surface area is 185 Å². The van der Waals surface area contributed by atoms with Crippen LogP contribution in [0.4, 0.5) is 10.2 Å². The highest BCUT2D eigenvalue weighted by atomic mass is 19.1. The molecule has 2 saturated heterocycles. The van der Waals surface area contributed by atoms with Crippen LogP contribution < -0.4 is 10.2 Å². The number of rotatable bonds is 4. The Hall–Kier alpha value is -3.09. The van der Waals surface area contributed by atoms with Crippen molar-refractivity contribution in [2.45, 2.75) is 44.7 Å². The lowest BCUT2D eigenvalue weighted by Crippen LogP contribution is -2.48. The van der Waals surface area contributed by atoms with Gasteiger partial charge in [-0.1, -0.05) is 5.16 Å². The number of nitriles is 1. The molecule has 0 bridgehead atoms. The predicted octanol–water partition coefficient (Wildman–Crippen LogP) is 3.34. The minimum atomic E-state index is -0.512. The summed E-state index contributed by atoms with van der Waals surface area (Å²) in [4.78, 5) is 11.2. The summed E-state index contributed by atoms with van der Waals surface area (Å²) < 4.78 is 25.8. The lowest BCUT2D eigenvalue weighted by atomic mass is 10.0. The van der Waals surface area contributed by atoms with Crippen molar-refractivity contribution >= 4 is 16.7 Å². The number of aromatic nitrogens is 3. The van der Waals surface area contributed by atoms with Crippen LogP contribution in [0.1, 0.15) is 37.1 Å². The van der Waals surface area contributed by atoms with Crippen molar-refractivity contribution in [3.63, 3.8) is 0 Å². The van der Waals surface area contributed by atoms with Gasteiger partial charge in [0.05, 0.1) is 23.8 Å². The normalized spacial score (nSPS) is 19.9. The molecule has 0 spiro atoms. The van der Waals surface area contributed by atoms with Gasteiger partial charge in [-0.3, -0.25) is 0 Å². The van der Waals surface area contributed by atoms with Crippen molar-refractivity contribution in [2.75, 3.05) is 31.2 Å². The van der Waals surface area contributed by atoms with E-state index in [1.165, 1.54) is 6.07 Å². The van der Waals surface area contributed by atoms with Gasteiger partial charge in [0.25, 0.3) is 5.89 Å². The molecule has 1 N–H and O–H groups in total. The fraction of sp³-hybridized carbons (Fsp3) is 0.478. The van der Waals surface area contributed by atoms with Crippen molar-refractivity contribution in [1.29, 1.82) is 5.26 Å². The molecule has 8 nitrogen and oxygen atoms in total. The smallest absolute Gasteiger partial charge is 0.261 e. The second-order valence-electron chi connectivity index (χ2n) is 8.49. The van der Waals surface area contributed by atoms with Gasteiger partial charge in [0, 0.05) is 37.2 Å². The van der Waals surface area contributed by atoms with Crippen LogP contribution in [0, 0.1) is 24.1 Å². The number of piperidine rings is 1. The molecule has 0 saturated carbocycles. The Morgan fingerprint density at radius 1 is 1.16 bits per heavy atom. The number of hydrogen-bond donors (Lipinski definition) is 1. The monoisotopic (exact) mass is 436 g/mol. The minimum absolute atomic E-state index is 0.235. The average molecular weight is 436 g/mol. The maximum atomic E-state index is 14.7. The first-order valence-electron chi connectivity index (χ1n) is 11.0. The van der Waals surface area contributed by atoms with Gasteiger partial charge in [-0.05, 0) is 50.8 Å². The maximum Gasteiger partial charge on any atom is 0.261 e. The molecular weight excluding hydrogens is 411 g/mol. The van der Waals surface area contributed by atoms with E-state index < -0.39 is 5.82 Å². The molecular formula is C23H25FN6O2. The summed E-state index contributed by atoms with van der Waals surface area (Å²) in [5, 5.41) is 17.4. The Morgan fingerprint density at radius 3 is 2.69 bits per heavy atom. The third-order valence-corrected chi connectivity index (χ3v) is 6.16. The van der Waals surface area contributed by atoms with Gasteiger partial charge in [-0.2, -0.15) is 10.2 Å². The van der Waals surface area contributed by atoms with E-state index in [0.29, 0.717) is 40.6 Å². The van der Waals surface area contributed by atoms with E-state index in [0.717, 1.165) is 52.0 Å². The number of pyridine rings is 1. The number of nitrogens with zero attached hydrogens (tertiary/aromatic N) is 5. The van der Waals surface area contributed by atoms with E-state index in [4.69, 9.17) is 9.26 Å². The van der Waals surface area contributed by atoms with Crippen molar-refractivity contribution < 1.29 is 13.7 Å². The third kappa shape index (κ3) is 4.16. The Kier molecular flexibility index (Phi) is 5.72. The highest BCUT2D eigenvalue weighted by Gasteiger charge is 2.27. The Balaban J connectivity index is 1.44. The zero-order valence-corrected chi connectivity index (χ0v) is 18.0. The molecule has 2 aliphatic heterocycles. The first-order chi connectivity index (χ1) is 15.6. The fourth-order valence-electron chi connectivity index (χ4n) is 4.57.